The maximum Gasteiger partial charge on any atom is 0.349 e. The fourth-order valence-corrected chi connectivity index (χ4v) is 10.6. The number of carbonyl (C=O) groups excluding carboxylic acids is 1. The smallest absolute Gasteiger partial charge is 0.349 e. The molecule has 1 amide bonds. The first-order valence-corrected chi connectivity index (χ1v) is 14.3. The normalized spacial score (nSPS) is 25.7. The third-order valence-corrected chi connectivity index (χ3v) is 12.4. The van der Waals surface area contributed by atoms with E-state index in [1.165, 1.54) is 17.6 Å². The van der Waals surface area contributed by atoms with E-state index in [0.29, 0.717) is 22.5 Å². The molecule has 0 radical (unpaired) electrons. The number of fused-ring (bicyclic) bond motifs is 2. The fraction of sp³-hybridized carbons (Fsp3) is 0.538. The zero-order valence-corrected chi connectivity index (χ0v) is 23.3. The molecule has 0 saturated carbocycles. The molecule has 2 fully saturated rings. The topological polar surface area (TPSA) is 91.6 Å². The van der Waals surface area contributed by atoms with Crippen LogP contribution in [0.2, 0.25) is 10.1 Å². The first-order valence-electron chi connectivity index (χ1n) is 12.5. The minimum Gasteiger partial charge on any atom is -0.391 e. The highest BCUT2D eigenvalue weighted by atomic mass is 28.4. The average molecular weight is 528 g/mol. The lowest BCUT2D eigenvalue weighted by Crippen LogP contribution is -2.65. The summed E-state index contributed by atoms with van der Waals surface area (Å²) in [6, 6.07) is 8.91. The van der Waals surface area contributed by atoms with Crippen molar-refractivity contribution in [2.75, 3.05) is 18.6 Å². The summed E-state index contributed by atoms with van der Waals surface area (Å²) in [5, 5.41) is -0.540. The van der Waals surface area contributed by atoms with E-state index in [2.05, 4.69) is 56.5 Å². The number of rotatable bonds is 3. The van der Waals surface area contributed by atoms with Crippen molar-refractivity contribution >= 4 is 31.4 Å². The van der Waals surface area contributed by atoms with Gasteiger partial charge in [-0.3, -0.25) is 14.3 Å². The number of carbonyl (C=O) groups is 1. The molecule has 37 heavy (non-hydrogen) atoms. The molecule has 5 rings (SSSR count). The van der Waals surface area contributed by atoms with Crippen LogP contribution >= 0.6 is 0 Å². The Kier molecular flexibility index (Phi) is 6.25. The molecule has 0 N–H and O–H groups in total. The Morgan fingerprint density at radius 1 is 1.08 bits per heavy atom. The van der Waals surface area contributed by atoms with Gasteiger partial charge in [0.15, 0.2) is 29.4 Å². The highest BCUT2D eigenvalue weighted by Crippen LogP contribution is 2.56. The first kappa shape index (κ1) is 25.9. The molecule has 0 spiro atoms. The largest absolute Gasteiger partial charge is 0.391 e. The van der Waals surface area contributed by atoms with Gasteiger partial charge in [-0.1, -0.05) is 59.7 Å². The Morgan fingerprint density at radius 2 is 1.76 bits per heavy atom. The Bertz CT molecular complexity index is 1290. The van der Waals surface area contributed by atoms with Crippen LogP contribution in [0.25, 0.3) is 11.2 Å². The second-order valence-corrected chi connectivity index (χ2v) is 16.5. The number of ether oxygens (including phenoxy) is 1. The van der Waals surface area contributed by atoms with Gasteiger partial charge in [0.05, 0.1) is 12.9 Å². The fourth-order valence-electron chi connectivity index (χ4n) is 5.67. The van der Waals surface area contributed by atoms with Gasteiger partial charge in [0.1, 0.15) is 18.5 Å². The summed E-state index contributed by atoms with van der Waals surface area (Å²) in [5.74, 6) is 0.0905. The van der Waals surface area contributed by atoms with Gasteiger partial charge in [0.25, 0.3) is 5.91 Å². The van der Waals surface area contributed by atoms with E-state index in [1.54, 1.807) is 35.9 Å². The van der Waals surface area contributed by atoms with Gasteiger partial charge in [0, 0.05) is 22.7 Å². The predicted octanol–water partition coefficient (Wildman–Crippen LogP) is 4.80. The Balaban J connectivity index is 1.46. The molecule has 1 aromatic carbocycles. The van der Waals surface area contributed by atoms with Gasteiger partial charge in [-0.25, -0.2) is 19.3 Å². The summed E-state index contributed by atoms with van der Waals surface area (Å²) in [6.45, 7) is 12.9. The van der Waals surface area contributed by atoms with E-state index in [9.17, 15) is 4.79 Å². The van der Waals surface area contributed by atoms with E-state index in [4.69, 9.17) is 13.6 Å². The van der Waals surface area contributed by atoms with Crippen molar-refractivity contribution in [2.45, 2.75) is 76.2 Å². The van der Waals surface area contributed by atoms with Crippen molar-refractivity contribution in [1.82, 2.24) is 19.5 Å². The van der Waals surface area contributed by atoms with Crippen LogP contribution in [0.5, 0.6) is 0 Å². The number of halogens is 1. The van der Waals surface area contributed by atoms with E-state index >= 15 is 4.39 Å². The first-order chi connectivity index (χ1) is 17.4. The van der Waals surface area contributed by atoms with Crippen molar-refractivity contribution in [3.8, 4) is 0 Å². The van der Waals surface area contributed by atoms with Crippen molar-refractivity contribution < 1.29 is 22.8 Å². The lowest BCUT2D eigenvalue weighted by Gasteiger charge is -2.53. The molecular weight excluding hydrogens is 493 g/mol. The number of nitrogens with zero attached hydrogens (tertiary/aromatic N) is 5. The predicted molar refractivity (Wildman–Crippen MR) is 139 cm³/mol. The third kappa shape index (κ3) is 4.08. The van der Waals surface area contributed by atoms with Gasteiger partial charge in [-0.2, -0.15) is 0 Å². The molecule has 4 heterocycles. The van der Waals surface area contributed by atoms with Crippen LogP contribution in [0.15, 0.2) is 43.0 Å². The molecule has 9 nitrogen and oxygen atoms in total. The SMILES string of the molecule is CN(C(=O)c1ccccc1)c1ncnc2c1ncn2[C@@H]1O[C@@H]2CO[Si](C(C)(C)C)(C(C)(C)C)O[C@@H]2[C@H]1F. The molecule has 2 saturated heterocycles. The van der Waals surface area contributed by atoms with Gasteiger partial charge in [-0.15, -0.1) is 0 Å². The highest BCUT2D eigenvalue weighted by molar-refractivity contribution is 6.73. The van der Waals surface area contributed by atoms with Crippen molar-refractivity contribution in [3.63, 3.8) is 0 Å². The highest BCUT2D eigenvalue weighted by Gasteiger charge is 2.65. The monoisotopic (exact) mass is 527 g/mol. The number of hydrogen-bond acceptors (Lipinski definition) is 7. The Morgan fingerprint density at radius 3 is 2.41 bits per heavy atom. The van der Waals surface area contributed by atoms with E-state index in [-0.39, 0.29) is 22.6 Å². The second-order valence-electron chi connectivity index (χ2n) is 11.8. The Hall–Kier alpha value is -2.73. The summed E-state index contributed by atoms with van der Waals surface area (Å²) in [4.78, 5) is 27.6. The second kappa shape index (κ2) is 8.93. The van der Waals surface area contributed by atoms with Crippen molar-refractivity contribution in [2.24, 2.45) is 0 Å². The molecule has 198 valence electrons. The number of imidazole rings is 1. The molecule has 11 heteroatoms. The molecule has 2 aromatic heterocycles. The molecule has 0 aliphatic carbocycles. The molecule has 2 aliphatic rings. The average Bonchev–Trinajstić information content (AvgIpc) is 3.42. The summed E-state index contributed by atoms with van der Waals surface area (Å²) in [5.41, 5.74) is 1.27. The summed E-state index contributed by atoms with van der Waals surface area (Å²) >= 11 is 0. The molecule has 3 aromatic rings. The van der Waals surface area contributed by atoms with Crippen LogP contribution in [0, 0.1) is 0 Å². The minimum absolute atomic E-state index is 0.238. The van der Waals surface area contributed by atoms with Crippen LogP contribution in [0.4, 0.5) is 10.2 Å². The summed E-state index contributed by atoms with van der Waals surface area (Å²) in [6.07, 6.45) is -0.930. The third-order valence-electron chi connectivity index (χ3n) is 7.25. The van der Waals surface area contributed by atoms with Crippen molar-refractivity contribution in [1.29, 1.82) is 0 Å². The standard InChI is InChI=1S/C26H34FN5O4Si/c1-25(2,3)37(26(4,5)6)34-13-17-20(36-37)18(27)24(35-17)32-15-30-19-21(28-14-29-22(19)32)31(7)23(33)16-11-9-8-10-12-16/h8-12,14-15,17-18,20,24H,13H2,1-7H3/t17-,18-,20+,24-/m1/s1. The van der Waals surface area contributed by atoms with Crippen LogP contribution in [-0.4, -0.2) is 66.0 Å². The maximum atomic E-state index is 16.1. The number of amides is 1. The quantitative estimate of drug-likeness (QED) is 0.452. The van der Waals surface area contributed by atoms with Crippen LogP contribution in [0.1, 0.15) is 58.1 Å². The van der Waals surface area contributed by atoms with Gasteiger partial charge < -0.3 is 13.6 Å². The lowest BCUT2D eigenvalue weighted by atomic mass is 10.1. The van der Waals surface area contributed by atoms with Gasteiger partial charge in [-0.05, 0) is 12.1 Å². The van der Waals surface area contributed by atoms with E-state index in [0.717, 1.165) is 0 Å². The summed E-state index contributed by atoms with van der Waals surface area (Å²) in [7, 11) is -1.24. The maximum absolute atomic E-state index is 16.1. The Labute approximate surface area is 217 Å². The zero-order valence-electron chi connectivity index (χ0n) is 22.3. The number of hydrogen-bond donors (Lipinski definition) is 0. The number of benzene rings is 1. The van der Waals surface area contributed by atoms with Gasteiger partial charge >= 0.3 is 8.56 Å². The lowest BCUT2D eigenvalue weighted by molar-refractivity contribution is -0.0794. The summed E-state index contributed by atoms with van der Waals surface area (Å²) < 4.78 is 36.9. The molecule has 4 atom stereocenters. The zero-order chi connectivity index (χ0) is 26.8. The molecule has 0 bridgehead atoms. The van der Waals surface area contributed by atoms with E-state index < -0.39 is 33.2 Å². The minimum atomic E-state index is -2.86. The van der Waals surface area contributed by atoms with Crippen LogP contribution in [-0.2, 0) is 13.6 Å². The van der Waals surface area contributed by atoms with Crippen LogP contribution < -0.4 is 4.90 Å². The molecule has 2 aliphatic heterocycles. The van der Waals surface area contributed by atoms with Crippen LogP contribution in [0.3, 0.4) is 0 Å². The molecular formula is C26H34FN5O4Si. The number of alkyl halides is 1. The van der Waals surface area contributed by atoms with Crippen molar-refractivity contribution in [3.05, 3.63) is 48.5 Å². The molecule has 0 unspecified atom stereocenters. The number of aromatic nitrogens is 4. The van der Waals surface area contributed by atoms with E-state index in [1.807, 2.05) is 6.07 Å². The van der Waals surface area contributed by atoms with Gasteiger partial charge in [0.2, 0.25) is 0 Å². The number of anilines is 1.